The van der Waals surface area contributed by atoms with Gasteiger partial charge in [0.15, 0.2) is 5.65 Å². The van der Waals surface area contributed by atoms with Gasteiger partial charge in [-0.25, -0.2) is 19.9 Å². The summed E-state index contributed by atoms with van der Waals surface area (Å²) >= 11 is 0. The van der Waals surface area contributed by atoms with Crippen molar-refractivity contribution >= 4 is 11.2 Å². The van der Waals surface area contributed by atoms with Gasteiger partial charge in [-0.3, -0.25) is 0 Å². The summed E-state index contributed by atoms with van der Waals surface area (Å²) in [4.78, 5) is 15.3. The number of rotatable bonds is 0. The van der Waals surface area contributed by atoms with Crippen molar-refractivity contribution in [3.05, 3.63) is 24.9 Å². The highest BCUT2D eigenvalue weighted by Crippen LogP contribution is 1.98. The molecule has 0 bridgehead atoms. The Morgan fingerprint density at radius 2 is 2.10 bits per heavy atom. The minimum absolute atomic E-state index is 0.0296. The lowest BCUT2D eigenvalue weighted by Gasteiger charge is -1.89. The van der Waals surface area contributed by atoms with Crippen LogP contribution >= 0.6 is 0 Å². The topological polar surface area (TPSA) is 51.6 Å². The molecule has 0 spiro atoms. The highest BCUT2D eigenvalue weighted by Gasteiger charge is 1.90. The van der Waals surface area contributed by atoms with Gasteiger partial charge in [-0.15, -0.1) is 0 Å². The predicted octanol–water partition coefficient (Wildman–Crippen LogP) is 0.420. The average molecular weight is 133 g/mol. The third kappa shape index (κ3) is 0.699. The van der Waals surface area contributed by atoms with Gasteiger partial charge in [0, 0.05) is 12.4 Å². The molecule has 2 rings (SSSR count). The summed E-state index contributed by atoms with van der Waals surface area (Å²) in [5.41, 5.74) is 1.08. The summed E-state index contributed by atoms with van der Waals surface area (Å²) in [6.45, 7) is 0. The predicted molar refractivity (Wildman–Crippen MR) is 35.1 cm³/mol. The normalized spacial score (nSPS) is 11.4. The Morgan fingerprint density at radius 3 is 3.10 bits per heavy atom. The molecule has 48 valence electrons. The molecule has 2 aromatic heterocycles. The number of aromatic nitrogens is 4. The van der Waals surface area contributed by atoms with Crippen LogP contribution in [0.3, 0.4) is 0 Å². The third-order valence-corrected chi connectivity index (χ3v) is 1.11. The summed E-state index contributed by atoms with van der Waals surface area (Å²) in [5.74, 6) is 0. The molecule has 0 saturated heterocycles. The average Bonchev–Trinajstić information content (AvgIpc) is 2.04. The van der Waals surface area contributed by atoms with Gasteiger partial charge in [0.2, 0.25) is 0 Å². The molecular weight excluding hydrogens is 128 g/mol. The van der Waals surface area contributed by atoms with Crippen molar-refractivity contribution in [2.75, 3.05) is 0 Å². The monoisotopic (exact) mass is 133 g/mol. The van der Waals surface area contributed by atoms with Gasteiger partial charge in [0.05, 0.1) is 6.20 Å². The standard InChI is InChI=1S/C6H4N4/c1-2-9-6-5(8-1)3-7-4-10-6/h1-4H/i4D. The van der Waals surface area contributed by atoms with Crippen LogP contribution in [0.1, 0.15) is 1.37 Å². The van der Waals surface area contributed by atoms with Gasteiger partial charge in [0.1, 0.15) is 13.2 Å². The molecule has 4 heteroatoms. The molecule has 10 heavy (non-hydrogen) atoms. The summed E-state index contributed by atoms with van der Waals surface area (Å²) < 4.78 is 7.09. The van der Waals surface area contributed by atoms with E-state index in [1.165, 1.54) is 12.4 Å². The molecule has 0 aliphatic heterocycles. The van der Waals surface area contributed by atoms with Gasteiger partial charge in [-0.1, -0.05) is 0 Å². The van der Waals surface area contributed by atoms with Gasteiger partial charge in [0.25, 0.3) is 0 Å². The number of nitrogens with zero attached hydrogens (tertiary/aromatic N) is 4. The summed E-state index contributed by atoms with van der Waals surface area (Å²) in [7, 11) is 0. The SMILES string of the molecule is [2H]c1ncc2nccnc2n1. The zero-order valence-electron chi connectivity index (χ0n) is 6.02. The second kappa shape index (κ2) is 1.98. The molecule has 2 heterocycles. The second-order valence-corrected chi connectivity index (χ2v) is 1.74. The van der Waals surface area contributed by atoms with Crippen LogP contribution in [-0.4, -0.2) is 19.9 Å². The summed E-state index contributed by atoms with van der Waals surface area (Å²) in [5, 5.41) is 0. The van der Waals surface area contributed by atoms with E-state index in [1.807, 2.05) is 0 Å². The first kappa shape index (κ1) is 4.27. The smallest absolute Gasteiger partial charge is 0.181 e. The van der Waals surface area contributed by atoms with Crippen molar-refractivity contribution in [3.63, 3.8) is 0 Å². The molecule has 0 radical (unpaired) electrons. The van der Waals surface area contributed by atoms with Crippen LogP contribution in [0.5, 0.6) is 0 Å². The van der Waals surface area contributed by atoms with E-state index in [1.54, 1.807) is 6.20 Å². The van der Waals surface area contributed by atoms with E-state index in [0.717, 1.165) is 0 Å². The quantitative estimate of drug-likeness (QED) is 0.522. The lowest BCUT2D eigenvalue weighted by atomic mass is 10.5. The summed E-state index contributed by atoms with van der Waals surface area (Å²) in [6.07, 6.45) is 4.56. The minimum atomic E-state index is -0.0296. The lowest BCUT2D eigenvalue weighted by molar-refractivity contribution is 1.15. The zero-order chi connectivity index (χ0) is 7.68. The molecule has 0 aliphatic carbocycles. The van der Waals surface area contributed by atoms with Crippen LogP contribution in [0.25, 0.3) is 11.2 Å². The van der Waals surface area contributed by atoms with Crippen molar-refractivity contribution in [2.45, 2.75) is 0 Å². The largest absolute Gasteiger partial charge is 0.250 e. The molecule has 0 saturated carbocycles. The molecule has 0 unspecified atom stereocenters. The molecule has 4 nitrogen and oxygen atoms in total. The zero-order valence-corrected chi connectivity index (χ0v) is 5.02. The number of hydrogen-bond acceptors (Lipinski definition) is 4. The first-order chi connectivity index (χ1) is 5.36. The second-order valence-electron chi connectivity index (χ2n) is 1.74. The first-order valence-corrected chi connectivity index (χ1v) is 2.76. The molecule has 0 fully saturated rings. The van der Waals surface area contributed by atoms with E-state index < -0.39 is 0 Å². The fourth-order valence-corrected chi connectivity index (χ4v) is 0.685. The Bertz CT molecular complexity index is 389. The highest BCUT2D eigenvalue weighted by atomic mass is 14.9. The maximum Gasteiger partial charge on any atom is 0.181 e. The van der Waals surface area contributed by atoms with Gasteiger partial charge >= 0.3 is 0 Å². The third-order valence-electron chi connectivity index (χ3n) is 1.11. The molecule has 0 amide bonds. The van der Waals surface area contributed by atoms with Crippen molar-refractivity contribution in [1.29, 1.82) is 0 Å². The van der Waals surface area contributed by atoms with Crippen molar-refractivity contribution in [1.82, 2.24) is 19.9 Å². The van der Waals surface area contributed by atoms with Crippen LogP contribution in [-0.2, 0) is 0 Å². The van der Waals surface area contributed by atoms with E-state index >= 15 is 0 Å². The van der Waals surface area contributed by atoms with E-state index in [4.69, 9.17) is 1.37 Å². The fraction of sp³-hybridized carbons (Fsp3) is 0. The van der Waals surface area contributed by atoms with E-state index in [2.05, 4.69) is 19.9 Å². The van der Waals surface area contributed by atoms with Crippen LogP contribution in [0.15, 0.2) is 24.9 Å². The maximum atomic E-state index is 7.09. The maximum absolute atomic E-state index is 7.09. The van der Waals surface area contributed by atoms with Crippen LogP contribution in [0, 0.1) is 0 Å². The highest BCUT2D eigenvalue weighted by molar-refractivity contribution is 5.66. The number of fused-ring (bicyclic) bond motifs is 1. The Hall–Kier alpha value is -1.58. The van der Waals surface area contributed by atoms with Crippen molar-refractivity contribution in [2.24, 2.45) is 0 Å². The molecular formula is C6H4N4. The van der Waals surface area contributed by atoms with Crippen LogP contribution in [0.4, 0.5) is 0 Å². The Morgan fingerprint density at radius 1 is 1.20 bits per heavy atom. The van der Waals surface area contributed by atoms with E-state index in [-0.39, 0.29) is 6.30 Å². The van der Waals surface area contributed by atoms with E-state index in [9.17, 15) is 0 Å². The molecule has 0 N–H and O–H groups in total. The van der Waals surface area contributed by atoms with E-state index in [0.29, 0.717) is 11.2 Å². The Labute approximate surface area is 58.4 Å². The van der Waals surface area contributed by atoms with Crippen LogP contribution < -0.4 is 0 Å². The van der Waals surface area contributed by atoms with Gasteiger partial charge in [-0.2, -0.15) is 0 Å². The Kier molecular flexibility index (Phi) is 0.846. The van der Waals surface area contributed by atoms with Crippen LogP contribution in [0.2, 0.25) is 0 Å². The van der Waals surface area contributed by atoms with Gasteiger partial charge < -0.3 is 0 Å². The molecule has 2 aromatic rings. The lowest BCUT2D eigenvalue weighted by Crippen LogP contribution is -1.85. The van der Waals surface area contributed by atoms with Crippen molar-refractivity contribution in [3.8, 4) is 0 Å². The first-order valence-electron chi connectivity index (χ1n) is 3.26. The van der Waals surface area contributed by atoms with Crippen molar-refractivity contribution < 1.29 is 1.37 Å². The summed E-state index contributed by atoms with van der Waals surface area (Å²) in [6, 6.07) is 0. The minimum Gasteiger partial charge on any atom is -0.250 e. The number of hydrogen-bond donors (Lipinski definition) is 0. The molecule has 0 aliphatic rings. The molecule has 0 atom stereocenters. The van der Waals surface area contributed by atoms with Gasteiger partial charge in [-0.05, 0) is 0 Å². The fourth-order valence-electron chi connectivity index (χ4n) is 0.685. The Balaban J connectivity index is 2.83. The molecule has 0 aromatic carbocycles.